The number of aromatic nitrogens is 5. The van der Waals surface area contributed by atoms with Gasteiger partial charge in [0.25, 0.3) is 0 Å². The molecule has 1 amide bonds. The van der Waals surface area contributed by atoms with Crippen molar-refractivity contribution in [2.45, 2.75) is 11.3 Å². The van der Waals surface area contributed by atoms with E-state index in [-0.39, 0.29) is 11.4 Å². The summed E-state index contributed by atoms with van der Waals surface area (Å²) in [7, 11) is 0. The summed E-state index contributed by atoms with van der Waals surface area (Å²) in [6, 6.07) is 11.6. The molecule has 0 aliphatic heterocycles. The summed E-state index contributed by atoms with van der Waals surface area (Å²) < 4.78 is 39.9. The lowest BCUT2D eigenvalue weighted by Crippen LogP contribution is -2.15. The number of rotatable bonds is 5. The number of amides is 1. The van der Waals surface area contributed by atoms with Crippen molar-refractivity contribution in [3.8, 4) is 11.3 Å². The minimum Gasteiger partial charge on any atom is -0.325 e. The first-order valence-electron chi connectivity index (χ1n) is 8.63. The van der Waals surface area contributed by atoms with E-state index in [9.17, 15) is 18.0 Å². The number of carbonyl (C=O) groups excluding carboxylic acids is 1. The molecule has 11 heteroatoms. The van der Waals surface area contributed by atoms with Crippen LogP contribution in [0.1, 0.15) is 5.56 Å². The summed E-state index contributed by atoms with van der Waals surface area (Å²) >= 11 is 1.07. The number of thioether (sulfide) groups is 1. The standard InChI is InChI=1S/C19H13F3N6OS/c20-19(21,22)13-4-1-5-14(9-13)24-17(29)11-30-18-26-25-16-7-6-15(27-28(16)18)12-3-2-8-23-10-12/h1-10H,11H2,(H,24,29). The van der Waals surface area contributed by atoms with Crippen LogP contribution >= 0.6 is 11.8 Å². The summed E-state index contributed by atoms with van der Waals surface area (Å²) in [5, 5.41) is 15.4. The smallest absolute Gasteiger partial charge is 0.325 e. The van der Waals surface area contributed by atoms with Gasteiger partial charge in [-0.1, -0.05) is 17.8 Å². The molecule has 1 aromatic carbocycles. The zero-order chi connectivity index (χ0) is 21.1. The molecule has 4 aromatic rings. The molecular formula is C19H13F3N6OS. The number of halogens is 3. The summed E-state index contributed by atoms with van der Waals surface area (Å²) in [4.78, 5) is 16.3. The van der Waals surface area contributed by atoms with E-state index in [4.69, 9.17) is 0 Å². The van der Waals surface area contributed by atoms with Gasteiger partial charge in [0, 0.05) is 23.6 Å². The number of hydrogen-bond donors (Lipinski definition) is 1. The molecule has 0 saturated heterocycles. The number of nitrogens with zero attached hydrogens (tertiary/aromatic N) is 5. The van der Waals surface area contributed by atoms with E-state index in [1.807, 2.05) is 6.07 Å². The summed E-state index contributed by atoms with van der Waals surface area (Å²) in [5.41, 5.74) is 1.21. The molecule has 0 bridgehead atoms. The highest BCUT2D eigenvalue weighted by molar-refractivity contribution is 7.99. The third-order valence-corrected chi connectivity index (χ3v) is 4.92. The van der Waals surface area contributed by atoms with Gasteiger partial charge in [-0.05, 0) is 42.5 Å². The highest BCUT2D eigenvalue weighted by atomic mass is 32.2. The topological polar surface area (TPSA) is 85.1 Å². The highest BCUT2D eigenvalue weighted by Crippen LogP contribution is 2.30. The number of anilines is 1. The lowest BCUT2D eigenvalue weighted by Gasteiger charge is -2.09. The van der Waals surface area contributed by atoms with Crippen molar-refractivity contribution in [1.82, 2.24) is 24.8 Å². The predicted molar refractivity (Wildman–Crippen MR) is 105 cm³/mol. The Kier molecular flexibility index (Phi) is 5.36. The van der Waals surface area contributed by atoms with Gasteiger partial charge in [-0.15, -0.1) is 10.2 Å². The second-order valence-corrected chi connectivity index (χ2v) is 7.07. The van der Waals surface area contributed by atoms with Crippen LogP contribution in [0.15, 0.2) is 66.1 Å². The Labute approximate surface area is 172 Å². The Balaban J connectivity index is 1.47. The maximum atomic E-state index is 12.8. The van der Waals surface area contributed by atoms with Crippen LogP contribution in [0.2, 0.25) is 0 Å². The van der Waals surface area contributed by atoms with E-state index >= 15 is 0 Å². The molecule has 0 unspecified atom stereocenters. The largest absolute Gasteiger partial charge is 0.416 e. The number of benzene rings is 1. The van der Waals surface area contributed by atoms with Crippen molar-refractivity contribution in [3.63, 3.8) is 0 Å². The number of carbonyl (C=O) groups is 1. The van der Waals surface area contributed by atoms with E-state index in [1.165, 1.54) is 16.6 Å². The van der Waals surface area contributed by atoms with Crippen LogP contribution in [-0.2, 0) is 11.0 Å². The zero-order valence-electron chi connectivity index (χ0n) is 15.2. The van der Waals surface area contributed by atoms with Crippen LogP contribution in [0.25, 0.3) is 16.9 Å². The number of hydrogen-bond acceptors (Lipinski definition) is 6. The maximum absolute atomic E-state index is 12.8. The molecule has 3 aromatic heterocycles. The molecule has 0 radical (unpaired) electrons. The first-order chi connectivity index (χ1) is 14.4. The first kappa shape index (κ1) is 19.8. The summed E-state index contributed by atoms with van der Waals surface area (Å²) in [6.45, 7) is 0. The second kappa shape index (κ2) is 8.11. The minimum atomic E-state index is -4.48. The fourth-order valence-electron chi connectivity index (χ4n) is 2.63. The van der Waals surface area contributed by atoms with Crippen LogP contribution in [-0.4, -0.2) is 36.5 Å². The zero-order valence-corrected chi connectivity index (χ0v) is 16.0. The molecule has 7 nitrogen and oxygen atoms in total. The number of pyridine rings is 1. The maximum Gasteiger partial charge on any atom is 0.416 e. The molecule has 0 saturated carbocycles. The van der Waals surface area contributed by atoms with Gasteiger partial charge >= 0.3 is 6.18 Å². The van der Waals surface area contributed by atoms with E-state index < -0.39 is 17.6 Å². The van der Waals surface area contributed by atoms with Gasteiger partial charge in [-0.3, -0.25) is 9.78 Å². The van der Waals surface area contributed by atoms with Gasteiger partial charge in [0.15, 0.2) is 5.65 Å². The molecule has 4 rings (SSSR count). The second-order valence-electron chi connectivity index (χ2n) is 6.13. The Morgan fingerprint density at radius 2 is 1.97 bits per heavy atom. The third-order valence-electron chi connectivity index (χ3n) is 4.00. The lowest BCUT2D eigenvalue weighted by atomic mass is 10.2. The van der Waals surface area contributed by atoms with Crippen LogP contribution in [0.4, 0.5) is 18.9 Å². The lowest BCUT2D eigenvalue weighted by molar-refractivity contribution is -0.137. The Bertz CT molecular complexity index is 1200. The normalized spacial score (nSPS) is 11.6. The molecule has 0 spiro atoms. The van der Waals surface area contributed by atoms with Crippen molar-refractivity contribution in [2.24, 2.45) is 0 Å². The van der Waals surface area contributed by atoms with E-state index in [0.717, 1.165) is 29.5 Å². The predicted octanol–water partition coefficient (Wildman–Crippen LogP) is 3.94. The van der Waals surface area contributed by atoms with Crippen molar-refractivity contribution >= 4 is 29.0 Å². The van der Waals surface area contributed by atoms with Crippen LogP contribution in [0, 0.1) is 0 Å². The quantitative estimate of drug-likeness (QED) is 0.483. The third kappa shape index (κ3) is 4.40. The number of fused-ring (bicyclic) bond motifs is 1. The fourth-order valence-corrected chi connectivity index (χ4v) is 3.32. The minimum absolute atomic E-state index is 0.0681. The van der Waals surface area contributed by atoms with Gasteiger partial charge in [-0.25, -0.2) is 0 Å². The van der Waals surface area contributed by atoms with Crippen LogP contribution in [0.3, 0.4) is 0 Å². The average Bonchev–Trinajstić information content (AvgIpc) is 3.15. The van der Waals surface area contributed by atoms with Gasteiger partial charge in [0.1, 0.15) is 0 Å². The molecular weight excluding hydrogens is 417 g/mol. The SMILES string of the molecule is O=C(CSc1nnc2ccc(-c3cccnc3)nn12)Nc1cccc(C(F)(F)F)c1. The molecule has 0 atom stereocenters. The Morgan fingerprint density at radius 1 is 1.10 bits per heavy atom. The van der Waals surface area contributed by atoms with Crippen molar-refractivity contribution < 1.29 is 18.0 Å². The highest BCUT2D eigenvalue weighted by Gasteiger charge is 2.30. The average molecular weight is 430 g/mol. The molecule has 0 fully saturated rings. The molecule has 3 heterocycles. The van der Waals surface area contributed by atoms with E-state index in [0.29, 0.717) is 16.5 Å². The fraction of sp³-hybridized carbons (Fsp3) is 0.105. The van der Waals surface area contributed by atoms with Gasteiger partial charge in [-0.2, -0.15) is 22.8 Å². The van der Waals surface area contributed by atoms with Crippen molar-refractivity contribution in [1.29, 1.82) is 0 Å². The van der Waals surface area contributed by atoms with E-state index in [2.05, 4.69) is 25.6 Å². The molecule has 0 aliphatic rings. The molecule has 152 valence electrons. The van der Waals surface area contributed by atoms with E-state index in [1.54, 1.807) is 30.6 Å². The Hall–Kier alpha value is -3.47. The summed E-state index contributed by atoms with van der Waals surface area (Å²) in [5.74, 6) is -0.546. The molecule has 1 N–H and O–H groups in total. The molecule has 30 heavy (non-hydrogen) atoms. The number of alkyl halides is 3. The van der Waals surface area contributed by atoms with Crippen molar-refractivity contribution in [3.05, 3.63) is 66.5 Å². The van der Waals surface area contributed by atoms with Crippen molar-refractivity contribution in [2.75, 3.05) is 11.1 Å². The Morgan fingerprint density at radius 3 is 2.73 bits per heavy atom. The van der Waals surface area contributed by atoms with Crippen LogP contribution in [0.5, 0.6) is 0 Å². The first-order valence-corrected chi connectivity index (χ1v) is 9.61. The number of nitrogens with one attached hydrogen (secondary N) is 1. The monoisotopic (exact) mass is 430 g/mol. The van der Waals surface area contributed by atoms with Gasteiger partial charge in [0.05, 0.1) is 17.0 Å². The van der Waals surface area contributed by atoms with Gasteiger partial charge < -0.3 is 5.32 Å². The molecule has 0 aliphatic carbocycles. The van der Waals surface area contributed by atoms with Crippen LogP contribution < -0.4 is 5.32 Å². The summed E-state index contributed by atoms with van der Waals surface area (Å²) in [6.07, 6.45) is -1.15. The van der Waals surface area contributed by atoms with Gasteiger partial charge in [0.2, 0.25) is 11.1 Å².